The van der Waals surface area contributed by atoms with Crippen LogP contribution in [0.3, 0.4) is 0 Å². The highest BCUT2D eigenvalue weighted by Crippen LogP contribution is 2.19. The fraction of sp³-hybridized carbons (Fsp3) is 0.652. The SMILES string of the molecule is CCNC(=NCCCn1c(C)nc2ccccc21)NCCC1CCN(CC)CC1. The van der Waals surface area contributed by atoms with Crippen LogP contribution in [0.2, 0.25) is 0 Å². The monoisotopic (exact) mass is 398 g/mol. The molecular formula is C23H38N6. The molecule has 0 amide bonds. The molecule has 2 N–H and O–H groups in total. The van der Waals surface area contributed by atoms with Gasteiger partial charge in [0.15, 0.2) is 5.96 Å². The zero-order valence-corrected chi connectivity index (χ0v) is 18.5. The van der Waals surface area contributed by atoms with Gasteiger partial charge in [0.05, 0.1) is 11.0 Å². The topological polar surface area (TPSA) is 57.5 Å². The highest BCUT2D eigenvalue weighted by molar-refractivity contribution is 5.79. The van der Waals surface area contributed by atoms with Crippen molar-refractivity contribution >= 4 is 17.0 Å². The van der Waals surface area contributed by atoms with Crippen molar-refractivity contribution in [3.8, 4) is 0 Å². The lowest BCUT2D eigenvalue weighted by Crippen LogP contribution is -2.39. The van der Waals surface area contributed by atoms with Gasteiger partial charge in [-0.3, -0.25) is 4.99 Å². The van der Waals surface area contributed by atoms with Gasteiger partial charge in [-0.05, 0) is 77.2 Å². The normalized spacial score (nSPS) is 16.4. The molecular weight excluding hydrogens is 360 g/mol. The summed E-state index contributed by atoms with van der Waals surface area (Å²) in [4.78, 5) is 12.0. The summed E-state index contributed by atoms with van der Waals surface area (Å²) in [5, 5.41) is 6.92. The number of likely N-dealkylation sites (tertiary alicyclic amines) is 1. The number of rotatable bonds is 9. The van der Waals surface area contributed by atoms with Gasteiger partial charge >= 0.3 is 0 Å². The number of aryl methyl sites for hydroxylation is 2. The van der Waals surface area contributed by atoms with Gasteiger partial charge in [-0.25, -0.2) is 4.98 Å². The molecule has 0 aliphatic carbocycles. The minimum absolute atomic E-state index is 0.816. The van der Waals surface area contributed by atoms with E-state index in [4.69, 9.17) is 4.99 Å². The number of nitrogens with one attached hydrogen (secondary N) is 2. The van der Waals surface area contributed by atoms with E-state index in [9.17, 15) is 0 Å². The van der Waals surface area contributed by atoms with Crippen LogP contribution in [0.1, 0.15) is 45.4 Å². The molecule has 1 aromatic carbocycles. The van der Waals surface area contributed by atoms with Crippen molar-refractivity contribution in [3.63, 3.8) is 0 Å². The molecule has 3 rings (SSSR count). The van der Waals surface area contributed by atoms with Gasteiger partial charge in [-0.15, -0.1) is 0 Å². The van der Waals surface area contributed by atoms with Crippen LogP contribution in [0.15, 0.2) is 29.3 Å². The van der Waals surface area contributed by atoms with Gasteiger partial charge in [0, 0.05) is 26.2 Å². The van der Waals surface area contributed by atoms with Crippen molar-refractivity contribution in [3.05, 3.63) is 30.1 Å². The maximum atomic E-state index is 4.78. The van der Waals surface area contributed by atoms with E-state index in [1.54, 1.807) is 0 Å². The Morgan fingerprint density at radius 3 is 2.72 bits per heavy atom. The van der Waals surface area contributed by atoms with Crippen LogP contribution in [-0.4, -0.2) is 59.7 Å². The van der Waals surface area contributed by atoms with Gasteiger partial charge in [-0.1, -0.05) is 19.1 Å². The van der Waals surface area contributed by atoms with Crippen LogP contribution in [0.4, 0.5) is 0 Å². The van der Waals surface area contributed by atoms with Gasteiger partial charge < -0.3 is 20.1 Å². The molecule has 1 aliphatic heterocycles. The zero-order chi connectivity index (χ0) is 20.5. The Morgan fingerprint density at radius 1 is 1.17 bits per heavy atom. The maximum absolute atomic E-state index is 4.78. The molecule has 1 aromatic heterocycles. The predicted octanol–water partition coefficient (Wildman–Crippen LogP) is 3.41. The summed E-state index contributed by atoms with van der Waals surface area (Å²) in [7, 11) is 0. The molecule has 1 aliphatic rings. The first-order valence-corrected chi connectivity index (χ1v) is 11.4. The van der Waals surface area contributed by atoms with Gasteiger partial charge in [0.2, 0.25) is 0 Å². The zero-order valence-electron chi connectivity index (χ0n) is 18.5. The number of hydrogen-bond donors (Lipinski definition) is 2. The van der Waals surface area contributed by atoms with E-state index in [1.165, 1.54) is 44.4 Å². The fourth-order valence-electron chi connectivity index (χ4n) is 4.23. The quantitative estimate of drug-likeness (QED) is 0.386. The Bertz CT molecular complexity index is 773. The van der Waals surface area contributed by atoms with Crippen LogP contribution < -0.4 is 10.6 Å². The third-order valence-corrected chi connectivity index (χ3v) is 6.00. The number of aromatic nitrogens is 2. The fourth-order valence-corrected chi connectivity index (χ4v) is 4.23. The lowest BCUT2D eigenvalue weighted by atomic mass is 9.93. The second kappa shape index (κ2) is 11.2. The third-order valence-electron chi connectivity index (χ3n) is 6.00. The first-order valence-electron chi connectivity index (χ1n) is 11.4. The molecule has 6 heteroatoms. The second-order valence-electron chi connectivity index (χ2n) is 8.01. The molecule has 0 bridgehead atoms. The summed E-state index contributed by atoms with van der Waals surface area (Å²) in [6, 6.07) is 8.35. The maximum Gasteiger partial charge on any atom is 0.191 e. The van der Waals surface area contributed by atoms with Gasteiger partial charge in [0.25, 0.3) is 0 Å². The van der Waals surface area contributed by atoms with Crippen molar-refractivity contribution in [1.29, 1.82) is 0 Å². The van der Waals surface area contributed by atoms with Crippen molar-refractivity contribution < 1.29 is 0 Å². The summed E-state index contributed by atoms with van der Waals surface area (Å²) in [6.07, 6.45) is 4.91. The summed E-state index contributed by atoms with van der Waals surface area (Å²) >= 11 is 0. The smallest absolute Gasteiger partial charge is 0.191 e. The average Bonchev–Trinajstić information content (AvgIpc) is 3.06. The summed E-state index contributed by atoms with van der Waals surface area (Å²) in [5.41, 5.74) is 2.29. The lowest BCUT2D eigenvalue weighted by molar-refractivity contribution is 0.187. The number of hydrogen-bond acceptors (Lipinski definition) is 3. The average molecular weight is 399 g/mol. The number of imidazole rings is 1. The molecule has 0 saturated carbocycles. The van der Waals surface area contributed by atoms with Crippen LogP contribution in [0.25, 0.3) is 11.0 Å². The number of nitrogens with zero attached hydrogens (tertiary/aromatic N) is 4. The predicted molar refractivity (Wildman–Crippen MR) is 123 cm³/mol. The van der Waals surface area contributed by atoms with Crippen molar-refractivity contribution in [1.82, 2.24) is 25.1 Å². The Labute approximate surface area is 175 Å². The van der Waals surface area contributed by atoms with E-state index < -0.39 is 0 Å². The minimum atomic E-state index is 0.816. The largest absolute Gasteiger partial charge is 0.357 e. The van der Waals surface area contributed by atoms with E-state index in [1.807, 2.05) is 6.07 Å². The van der Waals surface area contributed by atoms with Crippen LogP contribution in [-0.2, 0) is 6.54 Å². The van der Waals surface area contributed by atoms with Crippen molar-refractivity contribution in [2.75, 3.05) is 39.3 Å². The molecule has 0 spiro atoms. The molecule has 0 atom stereocenters. The number of benzene rings is 1. The van der Waals surface area contributed by atoms with E-state index in [0.29, 0.717) is 0 Å². The molecule has 160 valence electrons. The molecule has 1 fully saturated rings. The first kappa shape index (κ1) is 21.6. The standard InChI is InChI=1S/C23H38N6/c1-4-24-23(26-15-11-20-12-17-28(5-2)18-13-20)25-14-8-16-29-19(3)27-21-9-6-7-10-22(21)29/h6-7,9-10,20H,4-5,8,11-18H2,1-3H3,(H2,24,25,26). The van der Waals surface area contributed by atoms with Gasteiger partial charge in [-0.2, -0.15) is 0 Å². The Balaban J connectivity index is 1.42. The Morgan fingerprint density at radius 2 is 1.97 bits per heavy atom. The highest BCUT2D eigenvalue weighted by atomic mass is 15.2. The molecule has 2 aromatic rings. The number of piperidine rings is 1. The van der Waals surface area contributed by atoms with Crippen LogP contribution >= 0.6 is 0 Å². The Kier molecular flexibility index (Phi) is 8.35. The first-order chi connectivity index (χ1) is 14.2. The van der Waals surface area contributed by atoms with Crippen molar-refractivity contribution in [2.24, 2.45) is 10.9 Å². The third kappa shape index (κ3) is 6.20. The van der Waals surface area contributed by atoms with Crippen LogP contribution in [0.5, 0.6) is 0 Å². The second-order valence-corrected chi connectivity index (χ2v) is 8.01. The van der Waals surface area contributed by atoms with Gasteiger partial charge in [0.1, 0.15) is 5.82 Å². The minimum Gasteiger partial charge on any atom is -0.357 e. The lowest BCUT2D eigenvalue weighted by Gasteiger charge is -2.31. The summed E-state index contributed by atoms with van der Waals surface area (Å²) in [6.45, 7) is 13.9. The molecule has 29 heavy (non-hydrogen) atoms. The molecule has 0 unspecified atom stereocenters. The van der Waals surface area contributed by atoms with Crippen LogP contribution in [0, 0.1) is 12.8 Å². The van der Waals surface area contributed by atoms with Crippen molar-refractivity contribution in [2.45, 2.75) is 53.0 Å². The molecule has 0 radical (unpaired) electrons. The summed E-state index contributed by atoms with van der Waals surface area (Å²) in [5.74, 6) is 2.88. The highest BCUT2D eigenvalue weighted by Gasteiger charge is 2.17. The number of aliphatic imine (C=N–C) groups is 1. The molecule has 6 nitrogen and oxygen atoms in total. The van der Waals surface area contributed by atoms with E-state index >= 15 is 0 Å². The number of para-hydroxylation sites is 2. The van der Waals surface area contributed by atoms with E-state index in [2.05, 4.69) is 64.1 Å². The molecule has 1 saturated heterocycles. The number of fused-ring (bicyclic) bond motifs is 1. The van der Waals surface area contributed by atoms with E-state index in [-0.39, 0.29) is 0 Å². The number of guanidine groups is 1. The summed E-state index contributed by atoms with van der Waals surface area (Å²) < 4.78 is 2.30. The van der Waals surface area contributed by atoms with E-state index in [0.717, 1.165) is 55.8 Å². The Hall–Kier alpha value is -2.08. The molecule has 2 heterocycles.